The van der Waals surface area contributed by atoms with E-state index < -0.39 is 6.29 Å². The summed E-state index contributed by atoms with van der Waals surface area (Å²) in [6, 6.07) is 9.25. The van der Waals surface area contributed by atoms with Gasteiger partial charge in [-0.2, -0.15) is 26.3 Å². The van der Waals surface area contributed by atoms with Crippen LogP contribution in [-0.2, 0) is 4.74 Å². The Morgan fingerprint density at radius 2 is 0.865 bits per heavy atom. The van der Waals surface area contributed by atoms with Gasteiger partial charge < -0.3 is 94.9 Å². The van der Waals surface area contributed by atoms with Crippen LogP contribution in [0.15, 0.2) is 20.0 Å². The van der Waals surface area contributed by atoms with Gasteiger partial charge in [-0.05, 0) is 0 Å². The molecule has 0 spiro atoms. The highest BCUT2D eigenvalue weighted by Crippen LogP contribution is 1.80. The molecule has 0 radical (unpaired) electrons. The largest absolute Gasteiger partial charge is 0.412 e. The number of nitrogens with zero attached hydrogens (tertiary/aromatic N) is 9. The minimum absolute atomic E-state index is 0. The number of nitrogens with two attached hydrogens (primary N) is 2. The zero-order valence-corrected chi connectivity index (χ0v) is 28.8. The molecule has 0 bridgehead atoms. The molecular weight excluding hydrogens is 696 g/mol. The van der Waals surface area contributed by atoms with Crippen molar-refractivity contribution in [2.24, 2.45) is 31.4 Å². The van der Waals surface area contributed by atoms with Gasteiger partial charge >= 0.3 is 0 Å². The predicted molar refractivity (Wildman–Crippen MR) is 186 cm³/mol. The van der Waals surface area contributed by atoms with Gasteiger partial charge in [0.05, 0.1) is 36.9 Å². The van der Waals surface area contributed by atoms with Crippen LogP contribution in [0.2, 0.25) is 0 Å². The molecule has 0 aliphatic heterocycles. The van der Waals surface area contributed by atoms with Gasteiger partial charge in [0.2, 0.25) is 0 Å². The Balaban J connectivity index is -0.000000145. The third-order valence-corrected chi connectivity index (χ3v) is 3.82. The second kappa shape index (κ2) is 54.5. The molecule has 0 aromatic rings. The Hall–Kier alpha value is -5.91. The van der Waals surface area contributed by atoms with Crippen LogP contribution in [0.25, 0.3) is 0 Å². The molecular formula is C24H52N20O8. The van der Waals surface area contributed by atoms with Crippen molar-refractivity contribution < 1.29 is 40.9 Å². The molecule has 0 aliphatic carbocycles. The molecule has 296 valence electrons. The van der Waals surface area contributed by atoms with Crippen LogP contribution in [0, 0.1) is 56.7 Å². The minimum Gasteiger partial charge on any atom is -0.412 e. The quantitative estimate of drug-likeness (QED) is 0.0243. The zero-order chi connectivity index (χ0) is 39.8. The first-order chi connectivity index (χ1) is 24.7. The molecule has 0 atom stereocenters. The van der Waals surface area contributed by atoms with E-state index in [4.69, 9.17) is 73.2 Å². The molecule has 0 aromatic carbocycles. The maximum atomic E-state index is 8.71. The summed E-state index contributed by atoms with van der Waals surface area (Å²) in [6.45, 7) is -1.13. The Morgan fingerprint density at radius 1 is 0.558 bits per heavy atom. The van der Waals surface area contributed by atoms with Crippen molar-refractivity contribution in [2.45, 2.75) is 6.29 Å². The normalized spacial score (nSPS) is 10.0. The van der Waals surface area contributed by atoms with Gasteiger partial charge in [-0.15, -0.1) is 0 Å². The molecule has 0 heterocycles. The summed E-state index contributed by atoms with van der Waals surface area (Å²) in [7, 11) is 2.56. The van der Waals surface area contributed by atoms with E-state index in [0.29, 0.717) is 5.96 Å². The van der Waals surface area contributed by atoms with E-state index in [9.17, 15) is 0 Å². The predicted octanol–water partition coefficient (Wildman–Crippen LogP) is -9.41. The smallest absolute Gasteiger partial charge is 0.196 e. The maximum Gasteiger partial charge on any atom is 0.196 e. The summed E-state index contributed by atoms with van der Waals surface area (Å²) in [5.41, 5.74) is 9.99. The molecule has 0 unspecified atom stereocenters. The number of ether oxygens (including phenoxy) is 1. The van der Waals surface area contributed by atoms with Crippen LogP contribution in [0.1, 0.15) is 0 Å². The van der Waals surface area contributed by atoms with Gasteiger partial charge in [0.15, 0.2) is 23.8 Å². The maximum absolute atomic E-state index is 8.71. The van der Waals surface area contributed by atoms with E-state index in [1.165, 1.54) is 0 Å². The molecule has 0 saturated carbocycles. The molecule has 52 heavy (non-hydrogen) atoms. The Kier molecular flexibility index (Phi) is 61.1. The first-order valence-corrected chi connectivity index (χ1v) is 13.9. The van der Waals surface area contributed by atoms with Crippen molar-refractivity contribution in [1.82, 2.24) is 47.9 Å². The molecule has 28 heteroatoms. The third kappa shape index (κ3) is 53.6. The van der Waals surface area contributed by atoms with E-state index in [-0.39, 0.29) is 103 Å². The lowest BCUT2D eigenvalue weighted by atomic mass is 10.7. The number of aliphatic hydroxyl groups excluding tert-OH is 6. The number of aliphatic hydroxyl groups is 6. The van der Waals surface area contributed by atoms with Crippen molar-refractivity contribution in [2.75, 3.05) is 94.0 Å². The highest BCUT2D eigenvalue weighted by Gasteiger charge is 1.97. The van der Waals surface area contributed by atoms with Crippen molar-refractivity contribution >= 4 is 23.8 Å². The molecule has 0 amide bonds. The fraction of sp³-hybridized carbons (Fsp3) is 0.625. The highest BCUT2D eigenvalue weighted by atomic mass is 16.5. The molecule has 0 aromatic heterocycles. The van der Waals surface area contributed by atoms with Gasteiger partial charge in [-0.3, -0.25) is 10.3 Å². The van der Waals surface area contributed by atoms with Gasteiger partial charge in [0, 0.05) is 14.2 Å². The van der Waals surface area contributed by atoms with E-state index in [1.54, 1.807) is 7.05 Å². The van der Waals surface area contributed by atoms with Crippen LogP contribution in [0.5, 0.6) is 0 Å². The molecule has 28 nitrogen and oxygen atoms in total. The van der Waals surface area contributed by atoms with E-state index in [2.05, 4.69) is 67.8 Å². The van der Waals surface area contributed by atoms with Crippen molar-refractivity contribution in [3.63, 3.8) is 0 Å². The molecule has 0 saturated heterocycles. The number of hydrogen-bond acceptors (Lipinski definition) is 19. The van der Waals surface area contributed by atoms with E-state index in [1.807, 2.05) is 30.3 Å². The lowest BCUT2D eigenvalue weighted by Gasteiger charge is -2.08. The Labute approximate surface area is 301 Å². The summed E-state index contributed by atoms with van der Waals surface area (Å²) < 4.78 is 5.08. The van der Waals surface area contributed by atoms with Gasteiger partial charge in [-0.1, -0.05) is 0 Å². The standard InChI is InChI=1S/C10H18N8O3.C5H10N4O2.C5H10N4O.C3H8N4.CH4O.H2O/c11-1-3-13-9(15-5-19)17-7-21-8-18-10(16-6-20)14-4-2-12;6-1-2-7-5(8-3-10)9-4-11;1-7-5(9-4-10)8-3-2-6;4-1-2-7-3(5)6;1-2;/h19-20H,3-8H2,(H2,13,15,17)(H2,14,16,18);10-11H,2-4H2,(H2,7,8,9);10H,3-4H2,1H3,(H2,7,8,9);3,7H,2,5-6H2;2H,1H3;1H2. The Morgan fingerprint density at radius 3 is 1.12 bits per heavy atom. The summed E-state index contributed by atoms with van der Waals surface area (Å²) in [4.78, 5) is 15.0. The number of nitrogens with one attached hydrogen (secondary N) is 9. The molecule has 0 aliphatic rings. The number of guanidine groups is 4. The van der Waals surface area contributed by atoms with Crippen LogP contribution in [0.4, 0.5) is 0 Å². The van der Waals surface area contributed by atoms with Crippen LogP contribution in [0.3, 0.4) is 0 Å². The van der Waals surface area contributed by atoms with Crippen molar-refractivity contribution in [1.29, 1.82) is 26.3 Å². The van der Waals surface area contributed by atoms with Gasteiger partial charge in [-0.25, -0.2) is 15.0 Å². The fourth-order valence-corrected chi connectivity index (χ4v) is 2.03. The number of aliphatic imine (C=N–C) groups is 4. The Bertz CT molecular complexity index is 1090. The molecule has 0 rings (SSSR count). The number of rotatable bonds is 15. The SMILES string of the molecule is CN=C(NCO)NCC#N.CO.N#CCNC(=NCO)NCO.N#CCNC(=NCOCN=C(NCO)NCC#N)NCO.N#CCNC(N)N.O. The number of hydrogen-bond donors (Lipinski definition) is 17. The first-order valence-electron chi connectivity index (χ1n) is 13.9. The fourth-order valence-electron chi connectivity index (χ4n) is 2.03. The summed E-state index contributed by atoms with van der Waals surface area (Å²) in [5, 5.41) is 113. The summed E-state index contributed by atoms with van der Waals surface area (Å²) in [5.74, 6) is 1.07. The zero-order valence-electron chi connectivity index (χ0n) is 28.8. The summed E-state index contributed by atoms with van der Waals surface area (Å²) in [6.07, 6.45) is -0.570. The van der Waals surface area contributed by atoms with Crippen LogP contribution >= 0.6 is 0 Å². The van der Waals surface area contributed by atoms with Crippen molar-refractivity contribution in [3.8, 4) is 30.3 Å². The average Bonchev–Trinajstić information content (AvgIpc) is 3.14. The minimum atomic E-state index is -0.570. The lowest BCUT2D eigenvalue weighted by Crippen LogP contribution is -2.45. The first kappa shape index (κ1) is 58.3. The highest BCUT2D eigenvalue weighted by molar-refractivity contribution is 5.80. The topological polar surface area (TPSA) is 491 Å². The average molecular weight is 749 g/mol. The second-order valence-electron chi connectivity index (χ2n) is 7.15. The van der Waals surface area contributed by atoms with Crippen LogP contribution in [-0.4, -0.2) is 160 Å². The van der Waals surface area contributed by atoms with E-state index >= 15 is 0 Å². The van der Waals surface area contributed by atoms with Gasteiger partial charge in [0.25, 0.3) is 0 Å². The third-order valence-electron chi connectivity index (χ3n) is 3.82. The van der Waals surface area contributed by atoms with E-state index in [0.717, 1.165) is 7.11 Å². The van der Waals surface area contributed by atoms with Crippen molar-refractivity contribution in [3.05, 3.63) is 0 Å². The lowest BCUT2D eigenvalue weighted by molar-refractivity contribution is 0.149. The monoisotopic (exact) mass is 748 g/mol. The second-order valence-corrected chi connectivity index (χ2v) is 7.15. The molecule has 0 fully saturated rings. The number of nitriles is 5. The summed E-state index contributed by atoms with van der Waals surface area (Å²) >= 11 is 0. The molecule has 21 N–H and O–H groups in total. The van der Waals surface area contributed by atoms with Gasteiger partial charge in [0.1, 0.15) is 79.6 Å². The van der Waals surface area contributed by atoms with Crippen LogP contribution < -0.4 is 59.3 Å².